The maximum atomic E-state index is 8.30. The lowest BCUT2D eigenvalue weighted by Crippen LogP contribution is -2.32. The fourth-order valence-electron chi connectivity index (χ4n) is 4.91. The standard InChI is InChI=1S/C25H27N3/c1-19(2)24-27-16-17-28(24)23-15-14-22(18-23)25(26-3,20-10-6-4-7-11-20)21-12-8-5-9-13-21/h4-13,16-17,19,22-23H,14-15,18H2,1-2H3/t22?,23-/m0/s1. The van der Waals surface area contributed by atoms with E-state index in [0.29, 0.717) is 12.0 Å². The largest absolute Gasteiger partial charge is 0.332 e. The van der Waals surface area contributed by atoms with Crippen LogP contribution in [-0.4, -0.2) is 9.55 Å². The second kappa shape index (κ2) is 7.64. The average Bonchev–Trinajstić information content (AvgIpc) is 3.41. The van der Waals surface area contributed by atoms with Crippen LogP contribution >= 0.6 is 0 Å². The number of imidazole rings is 1. The Hall–Kier alpha value is -2.86. The average molecular weight is 370 g/mol. The van der Waals surface area contributed by atoms with E-state index in [9.17, 15) is 0 Å². The molecule has 0 saturated heterocycles. The van der Waals surface area contributed by atoms with E-state index in [1.807, 2.05) is 18.3 Å². The van der Waals surface area contributed by atoms with Gasteiger partial charge in [0, 0.05) is 41.4 Å². The molecule has 0 N–H and O–H groups in total. The smallest absolute Gasteiger partial charge is 0.285 e. The minimum Gasteiger partial charge on any atom is -0.332 e. The van der Waals surface area contributed by atoms with Crippen molar-refractivity contribution in [3.8, 4) is 0 Å². The fourth-order valence-corrected chi connectivity index (χ4v) is 4.91. The Balaban J connectivity index is 1.75. The molecule has 4 rings (SSSR count). The highest BCUT2D eigenvalue weighted by Crippen LogP contribution is 2.51. The quantitative estimate of drug-likeness (QED) is 0.490. The summed E-state index contributed by atoms with van der Waals surface area (Å²) < 4.78 is 2.36. The zero-order valence-corrected chi connectivity index (χ0v) is 16.6. The molecule has 1 aliphatic rings. The summed E-state index contributed by atoms with van der Waals surface area (Å²) in [6.07, 6.45) is 7.18. The molecule has 0 radical (unpaired) electrons. The SMILES string of the molecule is [C-]#[N+]C(c1ccccc1)(c1ccccc1)C1CC[C@H](n2ccnc2C(C)C)C1. The normalized spacial score (nSPS) is 19.6. The predicted molar refractivity (Wildman–Crippen MR) is 113 cm³/mol. The summed E-state index contributed by atoms with van der Waals surface area (Å²) in [6, 6.07) is 21.2. The molecule has 1 aromatic heterocycles. The summed E-state index contributed by atoms with van der Waals surface area (Å²) in [5.41, 5.74) is 1.59. The monoisotopic (exact) mass is 369 g/mol. The van der Waals surface area contributed by atoms with Gasteiger partial charge in [-0.1, -0.05) is 74.5 Å². The van der Waals surface area contributed by atoms with Crippen LogP contribution < -0.4 is 0 Å². The number of rotatable bonds is 5. The molecule has 2 aromatic carbocycles. The number of nitrogens with zero attached hydrogens (tertiary/aromatic N) is 3. The lowest BCUT2D eigenvalue weighted by Gasteiger charge is -2.29. The van der Waals surface area contributed by atoms with Crippen molar-refractivity contribution >= 4 is 0 Å². The summed E-state index contributed by atoms with van der Waals surface area (Å²) >= 11 is 0. The van der Waals surface area contributed by atoms with E-state index in [4.69, 9.17) is 6.57 Å². The highest BCUT2D eigenvalue weighted by molar-refractivity contribution is 5.43. The molecule has 2 atom stereocenters. The number of hydrogen-bond acceptors (Lipinski definition) is 1. The van der Waals surface area contributed by atoms with E-state index in [1.165, 1.54) is 0 Å². The highest BCUT2D eigenvalue weighted by atomic mass is 15.1. The fraction of sp³-hybridized carbons (Fsp3) is 0.360. The number of benzene rings is 2. The molecule has 3 nitrogen and oxygen atoms in total. The van der Waals surface area contributed by atoms with Crippen molar-refractivity contribution in [2.24, 2.45) is 5.92 Å². The van der Waals surface area contributed by atoms with Crippen molar-refractivity contribution in [2.45, 2.75) is 50.6 Å². The summed E-state index contributed by atoms with van der Waals surface area (Å²) in [6.45, 7) is 12.7. The molecular formula is C25H27N3. The number of aromatic nitrogens is 2. The lowest BCUT2D eigenvalue weighted by molar-refractivity contribution is 0.368. The van der Waals surface area contributed by atoms with E-state index < -0.39 is 5.54 Å². The minimum atomic E-state index is -0.629. The second-order valence-corrected chi connectivity index (χ2v) is 8.12. The Morgan fingerprint density at radius 1 is 1.00 bits per heavy atom. The van der Waals surface area contributed by atoms with Crippen molar-refractivity contribution in [2.75, 3.05) is 0 Å². The first-order valence-corrected chi connectivity index (χ1v) is 10.2. The first kappa shape index (κ1) is 18.5. The summed E-state index contributed by atoms with van der Waals surface area (Å²) in [7, 11) is 0. The summed E-state index contributed by atoms with van der Waals surface area (Å²) in [4.78, 5) is 8.93. The van der Waals surface area contributed by atoms with Gasteiger partial charge in [-0.05, 0) is 19.3 Å². The van der Waals surface area contributed by atoms with E-state index in [-0.39, 0.29) is 5.92 Å². The van der Waals surface area contributed by atoms with Crippen LogP contribution in [0.4, 0.5) is 0 Å². The molecule has 0 amide bonds. The van der Waals surface area contributed by atoms with Gasteiger partial charge in [-0.15, -0.1) is 0 Å². The Labute approximate surface area is 167 Å². The highest BCUT2D eigenvalue weighted by Gasteiger charge is 2.51. The van der Waals surface area contributed by atoms with E-state index in [2.05, 4.69) is 83.0 Å². The van der Waals surface area contributed by atoms with Crippen LogP contribution in [0.15, 0.2) is 73.1 Å². The van der Waals surface area contributed by atoms with Crippen molar-refractivity contribution in [1.82, 2.24) is 9.55 Å². The Bertz CT molecular complexity index is 911. The topological polar surface area (TPSA) is 22.2 Å². The van der Waals surface area contributed by atoms with Gasteiger partial charge in [-0.3, -0.25) is 4.85 Å². The molecule has 28 heavy (non-hydrogen) atoms. The molecule has 0 spiro atoms. The van der Waals surface area contributed by atoms with Crippen LogP contribution in [0.3, 0.4) is 0 Å². The lowest BCUT2D eigenvalue weighted by atomic mass is 9.72. The van der Waals surface area contributed by atoms with Gasteiger partial charge in [0.05, 0.1) is 0 Å². The molecule has 1 saturated carbocycles. The van der Waals surface area contributed by atoms with Gasteiger partial charge in [-0.25, -0.2) is 11.6 Å². The van der Waals surface area contributed by atoms with Crippen LogP contribution in [0.25, 0.3) is 4.85 Å². The van der Waals surface area contributed by atoms with Gasteiger partial charge >= 0.3 is 0 Å². The summed E-state index contributed by atoms with van der Waals surface area (Å²) in [5, 5.41) is 0. The van der Waals surface area contributed by atoms with E-state index >= 15 is 0 Å². The van der Waals surface area contributed by atoms with Gasteiger partial charge in [0.25, 0.3) is 5.54 Å². The number of hydrogen-bond donors (Lipinski definition) is 0. The predicted octanol–water partition coefficient (Wildman–Crippen LogP) is 6.21. The zero-order valence-electron chi connectivity index (χ0n) is 16.6. The van der Waals surface area contributed by atoms with Gasteiger partial charge in [0.15, 0.2) is 0 Å². The van der Waals surface area contributed by atoms with Crippen LogP contribution in [0.1, 0.15) is 62.0 Å². The van der Waals surface area contributed by atoms with Crippen molar-refractivity contribution < 1.29 is 0 Å². The van der Waals surface area contributed by atoms with Gasteiger partial charge < -0.3 is 4.57 Å². The van der Waals surface area contributed by atoms with E-state index in [1.54, 1.807) is 0 Å². The molecule has 1 heterocycles. The van der Waals surface area contributed by atoms with Gasteiger partial charge in [0.2, 0.25) is 0 Å². The zero-order chi connectivity index (χ0) is 19.6. The maximum Gasteiger partial charge on any atom is 0.285 e. The molecular weight excluding hydrogens is 342 g/mol. The van der Waals surface area contributed by atoms with Crippen molar-refractivity contribution in [3.05, 3.63) is 101 Å². The Kier molecular flexibility index (Phi) is 5.05. The minimum absolute atomic E-state index is 0.280. The van der Waals surface area contributed by atoms with Gasteiger partial charge in [-0.2, -0.15) is 0 Å². The molecule has 1 fully saturated rings. The second-order valence-electron chi connectivity index (χ2n) is 8.12. The van der Waals surface area contributed by atoms with Crippen LogP contribution in [-0.2, 0) is 5.54 Å². The first-order chi connectivity index (χ1) is 13.7. The molecule has 1 aliphatic carbocycles. The molecule has 0 aliphatic heterocycles. The molecule has 1 unspecified atom stereocenters. The van der Waals surface area contributed by atoms with Crippen LogP contribution in [0.2, 0.25) is 0 Å². The molecule has 0 bridgehead atoms. The summed E-state index contributed by atoms with van der Waals surface area (Å²) in [5.74, 6) is 1.84. The Morgan fingerprint density at radius 2 is 1.61 bits per heavy atom. The molecule has 3 aromatic rings. The van der Waals surface area contributed by atoms with Gasteiger partial charge in [0.1, 0.15) is 5.82 Å². The molecule has 3 heteroatoms. The van der Waals surface area contributed by atoms with Crippen molar-refractivity contribution in [1.29, 1.82) is 0 Å². The van der Waals surface area contributed by atoms with Crippen LogP contribution in [0.5, 0.6) is 0 Å². The third kappa shape index (κ3) is 3.03. The third-order valence-corrected chi connectivity index (χ3v) is 6.21. The van der Waals surface area contributed by atoms with E-state index in [0.717, 1.165) is 36.2 Å². The van der Waals surface area contributed by atoms with Crippen LogP contribution in [0, 0.1) is 12.5 Å². The Morgan fingerprint density at radius 3 is 2.14 bits per heavy atom. The van der Waals surface area contributed by atoms with Crippen molar-refractivity contribution in [3.63, 3.8) is 0 Å². The maximum absolute atomic E-state index is 8.30. The molecule has 142 valence electrons. The first-order valence-electron chi connectivity index (χ1n) is 10.2. The third-order valence-electron chi connectivity index (χ3n) is 6.21.